The SMILES string of the molecule is C#CCC(C)NC(=O)NCC(=O)NCC(=O)O. The highest BCUT2D eigenvalue weighted by atomic mass is 16.4. The third-order valence-electron chi connectivity index (χ3n) is 1.65. The van der Waals surface area contributed by atoms with Crippen molar-refractivity contribution in [3.05, 3.63) is 0 Å². The van der Waals surface area contributed by atoms with E-state index in [1.165, 1.54) is 0 Å². The second-order valence-corrected chi connectivity index (χ2v) is 3.31. The van der Waals surface area contributed by atoms with Crippen LogP contribution in [-0.2, 0) is 9.59 Å². The van der Waals surface area contributed by atoms with E-state index in [0.29, 0.717) is 6.42 Å². The van der Waals surface area contributed by atoms with Gasteiger partial charge in [0.2, 0.25) is 5.91 Å². The molecule has 0 heterocycles. The average Bonchev–Trinajstić information content (AvgIpc) is 2.23. The number of hydrogen-bond acceptors (Lipinski definition) is 3. The van der Waals surface area contributed by atoms with E-state index in [0.717, 1.165) is 0 Å². The first kappa shape index (κ1) is 14.8. The summed E-state index contributed by atoms with van der Waals surface area (Å²) >= 11 is 0. The Bertz CT molecular complexity index is 335. The molecule has 0 bridgehead atoms. The predicted octanol–water partition coefficient (Wildman–Crippen LogP) is -1.10. The maximum absolute atomic E-state index is 11.2. The molecule has 0 rings (SSSR count). The van der Waals surface area contributed by atoms with Crippen molar-refractivity contribution < 1.29 is 19.5 Å². The zero-order chi connectivity index (χ0) is 13.3. The molecule has 4 N–H and O–H groups in total. The minimum Gasteiger partial charge on any atom is -0.480 e. The van der Waals surface area contributed by atoms with Crippen molar-refractivity contribution in [2.24, 2.45) is 0 Å². The molecule has 0 fully saturated rings. The van der Waals surface area contributed by atoms with Crippen molar-refractivity contribution in [1.29, 1.82) is 0 Å². The Hall–Kier alpha value is -2.23. The number of carboxylic acids is 1. The number of rotatable bonds is 6. The second-order valence-electron chi connectivity index (χ2n) is 3.31. The molecule has 1 atom stereocenters. The van der Waals surface area contributed by atoms with Crippen LogP contribution in [0.1, 0.15) is 13.3 Å². The van der Waals surface area contributed by atoms with Gasteiger partial charge in [-0.25, -0.2) is 4.79 Å². The molecule has 0 aliphatic rings. The number of carbonyl (C=O) groups excluding carboxylic acids is 2. The predicted molar refractivity (Wildman–Crippen MR) is 60.1 cm³/mol. The zero-order valence-corrected chi connectivity index (χ0v) is 9.45. The normalized spacial score (nSPS) is 10.8. The molecule has 0 aromatic heterocycles. The zero-order valence-electron chi connectivity index (χ0n) is 9.45. The van der Waals surface area contributed by atoms with E-state index in [9.17, 15) is 14.4 Å². The molecule has 7 heteroatoms. The summed E-state index contributed by atoms with van der Waals surface area (Å²) in [5, 5.41) is 15.2. The van der Waals surface area contributed by atoms with Crippen LogP contribution in [0.25, 0.3) is 0 Å². The highest BCUT2D eigenvalue weighted by Gasteiger charge is 2.08. The molecule has 94 valence electrons. The molecule has 3 amide bonds. The quantitative estimate of drug-likeness (QED) is 0.443. The van der Waals surface area contributed by atoms with Gasteiger partial charge in [0.05, 0.1) is 6.54 Å². The Balaban J connectivity index is 3.73. The molecular formula is C10H15N3O4. The lowest BCUT2D eigenvalue weighted by Crippen LogP contribution is -2.45. The van der Waals surface area contributed by atoms with Crippen molar-refractivity contribution in [2.45, 2.75) is 19.4 Å². The molecule has 1 unspecified atom stereocenters. The van der Waals surface area contributed by atoms with Gasteiger partial charge < -0.3 is 21.1 Å². The van der Waals surface area contributed by atoms with E-state index in [1.807, 2.05) is 0 Å². The van der Waals surface area contributed by atoms with Gasteiger partial charge in [0.25, 0.3) is 0 Å². The van der Waals surface area contributed by atoms with Gasteiger partial charge in [0, 0.05) is 12.5 Å². The Morgan fingerprint density at radius 1 is 1.29 bits per heavy atom. The maximum atomic E-state index is 11.2. The van der Waals surface area contributed by atoms with Gasteiger partial charge in [-0.1, -0.05) is 0 Å². The van der Waals surface area contributed by atoms with Gasteiger partial charge in [-0.05, 0) is 6.92 Å². The largest absolute Gasteiger partial charge is 0.480 e. The third kappa shape index (κ3) is 8.74. The number of terminal acetylenes is 1. The van der Waals surface area contributed by atoms with Crippen molar-refractivity contribution in [3.63, 3.8) is 0 Å². The molecule has 0 aromatic carbocycles. The van der Waals surface area contributed by atoms with E-state index >= 15 is 0 Å². The van der Waals surface area contributed by atoms with E-state index in [-0.39, 0.29) is 12.6 Å². The number of hydrogen-bond donors (Lipinski definition) is 4. The molecule has 0 spiro atoms. The monoisotopic (exact) mass is 241 g/mol. The summed E-state index contributed by atoms with van der Waals surface area (Å²) in [4.78, 5) is 32.3. The summed E-state index contributed by atoms with van der Waals surface area (Å²) in [7, 11) is 0. The molecule has 17 heavy (non-hydrogen) atoms. The molecule has 0 saturated carbocycles. The number of aliphatic carboxylic acids is 1. The van der Waals surface area contributed by atoms with E-state index in [4.69, 9.17) is 11.5 Å². The van der Waals surface area contributed by atoms with Gasteiger partial charge in [-0.15, -0.1) is 12.3 Å². The van der Waals surface area contributed by atoms with Crippen LogP contribution in [0.2, 0.25) is 0 Å². The summed E-state index contributed by atoms with van der Waals surface area (Å²) in [5.41, 5.74) is 0. The topological polar surface area (TPSA) is 108 Å². The molecule has 0 aromatic rings. The minimum absolute atomic E-state index is 0.193. The van der Waals surface area contributed by atoms with E-state index in [2.05, 4.69) is 21.9 Å². The van der Waals surface area contributed by atoms with Crippen LogP contribution >= 0.6 is 0 Å². The van der Waals surface area contributed by atoms with Crippen molar-refractivity contribution in [2.75, 3.05) is 13.1 Å². The van der Waals surface area contributed by atoms with Crippen LogP contribution in [0.3, 0.4) is 0 Å². The van der Waals surface area contributed by atoms with Gasteiger partial charge in [0.15, 0.2) is 0 Å². The lowest BCUT2D eigenvalue weighted by molar-refractivity contribution is -0.137. The Kier molecular flexibility index (Phi) is 6.94. The van der Waals surface area contributed by atoms with Crippen LogP contribution in [0.4, 0.5) is 4.79 Å². The van der Waals surface area contributed by atoms with Crippen LogP contribution in [0.5, 0.6) is 0 Å². The van der Waals surface area contributed by atoms with Gasteiger partial charge in [-0.3, -0.25) is 9.59 Å². The van der Waals surface area contributed by atoms with Gasteiger partial charge in [-0.2, -0.15) is 0 Å². The van der Waals surface area contributed by atoms with Crippen LogP contribution in [0, 0.1) is 12.3 Å². The highest BCUT2D eigenvalue weighted by Crippen LogP contribution is 1.86. The first-order valence-electron chi connectivity index (χ1n) is 4.92. The summed E-state index contributed by atoms with van der Waals surface area (Å²) < 4.78 is 0. The molecule has 7 nitrogen and oxygen atoms in total. The number of amides is 3. The fourth-order valence-corrected chi connectivity index (χ4v) is 0.900. The summed E-state index contributed by atoms with van der Waals surface area (Å²) in [6.07, 6.45) is 5.44. The summed E-state index contributed by atoms with van der Waals surface area (Å²) in [6.45, 7) is 0.960. The second kappa shape index (κ2) is 7.98. The Morgan fingerprint density at radius 2 is 1.94 bits per heavy atom. The molecule has 0 aliphatic carbocycles. The highest BCUT2D eigenvalue weighted by molar-refractivity contribution is 5.86. The van der Waals surface area contributed by atoms with E-state index in [1.54, 1.807) is 6.92 Å². The van der Waals surface area contributed by atoms with Crippen molar-refractivity contribution in [3.8, 4) is 12.3 Å². The molecule has 0 radical (unpaired) electrons. The van der Waals surface area contributed by atoms with Crippen molar-refractivity contribution >= 4 is 17.9 Å². The fraction of sp³-hybridized carbons (Fsp3) is 0.500. The third-order valence-corrected chi connectivity index (χ3v) is 1.65. The number of nitrogens with one attached hydrogen (secondary N) is 3. The maximum Gasteiger partial charge on any atom is 0.322 e. The van der Waals surface area contributed by atoms with Crippen LogP contribution in [-0.4, -0.2) is 42.1 Å². The summed E-state index contributed by atoms with van der Waals surface area (Å²) in [5.74, 6) is 0.659. The van der Waals surface area contributed by atoms with Crippen LogP contribution < -0.4 is 16.0 Å². The van der Waals surface area contributed by atoms with Gasteiger partial charge in [0.1, 0.15) is 6.54 Å². The lowest BCUT2D eigenvalue weighted by atomic mass is 10.2. The van der Waals surface area contributed by atoms with Gasteiger partial charge >= 0.3 is 12.0 Å². The van der Waals surface area contributed by atoms with E-state index < -0.39 is 24.5 Å². The Labute approximate surface area is 99.0 Å². The number of carbonyl (C=O) groups is 3. The molecular weight excluding hydrogens is 226 g/mol. The molecule has 0 saturated heterocycles. The standard InChI is InChI=1S/C10H15N3O4/c1-3-4-7(2)13-10(17)12-5-8(14)11-6-9(15)16/h1,7H,4-6H2,2H3,(H,11,14)(H,15,16)(H2,12,13,17). The Morgan fingerprint density at radius 3 is 2.47 bits per heavy atom. The average molecular weight is 241 g/mol. The molecule has 0 aliphatic heterocycles. The fourth-order valence-electron chi connectivity index (χ4n) is 0.900. The number of urea groups is 1. The lowest BCUT2D eigenvalue weighted by Gasteiger charge is -2.11. The van der Waals surface area contributed by atoms with Crippen molar-refractivity contribution in [1.82, 2.24) is 16.0 Å². The first-order valence-corrected chi connectivity index (χ1v) is 4.92. The van der Waals surface area contributed by atoms with Crippen LogP contribution in [0.15, 0.2) is 0 Å². The summed E-state index contributed by atoms with van der Waals surface area (Å²) in [6, 6.07) is -0.722. The smallest absolute Gasteiger partial charge is 0.322 e. The number of carboxylic acid groups (broad SMARTS) is 1. The first-order chi connectivity index (χ1) is 7.95. The minimum atomic E-state index is -1.15.